The molecule has 4 nitrogen and oxygen atoms in total. The van der Waals surface area contributed by atoms with Crippen LogP contribution in [0.3, 0.4) is 0 Å². The van der Waals surface area contributed by atoms with Crippen molar-refractivity contribution in [3.05, 3.63) is 28.8 Å². The van der Waals surface area contributed by atoms with Crippen LogP contribution in [0.2, 0.25) is 5.02 Å². The first-order valence-corrected chi connectivity index (χ1v) is 5.80. The molecule has 17 heavy (non-hydrogen) atoms. The molecule has 0 fully saturated rings. The Morgan fingerprint density at radius 2 is 2.24 bits per heavy atom. The minimum Gasteiger partial charge on any atom is -0.478 e. The molecule has 5 heteroatoms. The van der Waals surface area contributed by atoms with Gasteiger partial charge in [-0.05, 0) is 30.5 Å². The Morgan fingerprint density at radius 1 is 1.53 bits per heavy atom. The van der Waals surface area contributed by atoms with Crippen molar-refractivity contribution in [1.82, 2.24) is 0 Å². The number of benzene rings is 1. The van der Waals surface area contributed by atoms with Crippen molar-refractivity contribution >= 4 is 23.3 Å². The molecule has 0 aliphatic heterocycles. The molecule has 0 aromatic heterocycles. The summed E-state index contributed by atoms with van der Waals surface area (Å²) in [5, 5.41) is 21.2. The fourth-order valence-electron chi connectivity index (χ4n) is 1.45. The Hall–Kier alpha value is -1.26. The van der Waals surface area contributed by atoms with Crippen molar-refractivity contribution in [2.75, 3.05) is 18.5 Å². The van der Waals surface area contributed by atoms with Gasteiger partial charge in [0.25, 0.3) is 0 Å². The van der Waals surface area contributed by atoms with Gasteiger partial charge in [0, 0.05) is 23.9 Å². The highest BCUT2D eigenvalue weighted by molar-refractivity contribution is 6.31. The quantitative estimate of drug-likeness (QED) is 0.732. The molecule has 0 saturated heterocycles. The highest BCUT2D eigenvalue weighted by atomic mass is 35.5. The van der Waals surface area contributed by atoms with Gasteiger partial charge < -0.3 is 15.5 Å². The van der Waals surface area contributed by atoms with Gasteiger partial charge in [0.1, 0.15) is 0 Å². The van der Waals surface area contributed by atoms with Gasteiger partial charge in [0.2, 0.25) is 0 Å². The van der Waals surface area contributed by atoms with E-state index in [9.17, 15) is 4.79 Å². The fourth-order valence-corrected chi connectivity index (χ4v) is 1.63. The van der Waals surface area contributed by atoms with E-state index in [4.69, 9.17) is 21.8 Å². The summed E-state index contributed by atoms with van der Waals surface area (Å²) in [6, 6.07) is 4.72. The number of rotatable bonds is 6. The molecule has 0 bridgehead atoms. The number of aliphatic hydroxyl groups is 1. The normalized spacial score (nSPS) is 12.2. The van der Waals surface area contributed by atoms with Crippen molar-refractivity contribution < 1.29 is 15.0 Å². The van der Waals surface area contributed by atoms with Crippen LogP contribution >= 0.6 is 11.6 Å². The van der Waals surface area contributed by atoms with E-state index in [2.05, 4.69) is 5.32 Å². The Kier molecular flexibility index (Phi) is 5.25. The highest BCUT2D eigenvalue weighted by Crippen LogP contribution is 2.21. The summed E-state index contributed by atoms with van der Waals surface area (Å²) < 4.78 is 0. The van der Waals surface area contributed by atoms with E-state index in [1.165, 1.54) is 6.07 Å². The number of halogens is 1. The van der Waals surface area contributed by atoms with Gasteiger partial charge in [0.05, 0.1) is 5.56 Å². The van der Waals surface area contributed by atoms with E-state index < -0.39 is 5.97 Å². The first-order valence-electron chi connectivity index (χ1n) is 5.42. The molecule has 0 spiro atoms. The van der Waals surface area contributed by atoms with E-state index in [0.717, 1.165) is 0 Å². The Morgan fingerprint density at radius 3 is 2.82 bits per heavy atom. The maximum atomic E-state index is 11.0. The number of carboxylic acid groups (broad SMARTS) is 1. The van der Waals surface area contributed by atoms with Crippen LogP contribution in [0.15, 0.2) is 18.2 Å². The Balaban J connectivity index is 2.73. The van der Waals surface area contributed by atoms with Gasteiger partial charge in [0.15, 0.2) is 0 Å². The minimum absolute atomic E-state index is 0.134. The van der Waals surface area contributed by atoms with E-state index in [0.29, 0.717) is 23.7 Å². The number of nitrogens with one attached hydrogen (secondary N) is 1. The highest BCUT2D eigenvalue weighted by Gasteiger charge is 2.11. The molecule has 1 aromatic carbocycles. The largest absolute Gasteiger partial charge is 0.478 e. The predicted octanol–water partition coefficient (Wildman–Crippen LogP) is 2.47. The van der Waals surface area contributed by atoms with Gasteiger partial charge in [-0.15, -0.1) is 0 Å². The topological polar surface area (TPSA) is 69.6 Å². The zero-order valence-corrected chi connectivity index (χ0v) is 10.4. The molecule has 3 N–H and O–H groups in total. The smallest absolute Gasteiger partial charge is 0.337 e. The van der Waals surface area contributed by atoms with Gasteiger partial charge >= 0.3 is 5.97 Å². The van der Waals surface area contributed by atoms with Crippen LogP contribution in [0.25, 0.3) is 0 Å². The monoisotopic (exact) mass is 257 g/mol. The number of aliphatic hydroxyl groups excluding tert-OH is 1. The summed E-state index contributed by atoms with van der Waals surface area (Å²) >= 11 is 5.75. The first kappa shape index (κ1) is 13.8. The molecular formula is C12H16ClNO3. The minimum atomic E-state index is -1.01. The van der Waals surface area contributed by atoms with Gasteiger partial charge in [-0.1, -0.05) is 18.5 Å². The molecule has 94 valence electrons. The third-order valence-corrected chi connectivity index (χ3v) is 2.71. The standard InChI is InChI=1S/C12H16ClNO3/c1-8(4-5-15)7-14-11-3-2-9(13)6-10(11)12(16)17/h2-3,6,8,14-15H,4-5,7H2,1H3,(H,16,17). The number of carboxylic acids is 1. The molecular weight excluding hydrogens is 242 g/mol. The van der Waals surface area contributed by atoms with E-state index >= 15 is 0 Å². The Labute approximate surface area is 105 Å². The number of aromatic carboxylic acids is 1. The summed E-state index contributed by atoms with van der Waals surface area (Å²) in [5.41, 5.74) is 0.709. The molecule has 0 amide bonds. The van der Waals surface area contributed by atoms with Crippen molar-refractivity contribution in [2.24, 2.45) is 5.92 Å². The Bertz CT molecular complexity index is 395. The number of hydrogen-bond acceptors (Lipinski definition) is 3. The molecule has 1 unspecified atom stereocenters. The lowest BCUT2D eigenvalue weighted by atomic mass is 10.1. The third-order valence-electron chi connectivity index (χ3n) is 2.47. The van der Waals surface area contributed by atoms with Crippen molar-refractivity contribution in [3.8, 4) is 0 Å². The summed E-state index contributed by atoms with van der Waals surface area (Å²) in [7, 11) is 0. The van der Waals surface area contributed by atoms with Gasteiger partial charge in [-0.2, -0.15) is 0 Å². The molecule has 0 aliphatic carbocycles. The van der Waals surface area contributed by atoms with Crippen LogP contribution in [0, 0.1) is 5.92 Å². The van der Waals surface area contributed by atoms with Crippen molar-refractivity contribution in [3.63, 3.8) is 0 Å². The molecule has 0 aliphatic rings. The van der Waals surface area contributed by atoms with Crippen LogP contribution in [-0.2, 0) is 0 Å². The number of anilines is 1. The molecule has 0 heterocycles. The van der Waals surface area contributed by atoms with Gasteiger partial charge in [-0.25, -0.2) is 4.79 Å². The van der Waals surface area contributed by atoms with Crippen molar-refractivity contribution in [2.45, 2.75) is 13.3 Å². The summed E-state index contributed by atoms with van der Waals surface area (Å²) in [4.78, 5) is 11.0. The summed E-state index contributed by atoms with van der Waals surface area (Å²) in [5.74, 6) is -0.734. The van der Waals surface area contributed by atoms with E-state index in [1.54, 1.807) is 12.1 Å². The van der Waals surface area contributed by atoms with Gasteiger partial charge in [-0.3, -0.25) is 0 Å². The third kappa shape index (κ3) is 4.24. The first-order chi connectivity index (χ1) is 8.04. The maximum Gasteiger partial charge on any atom is 0.337 e. The lowest BCUT2D eigenvalue weighted by Crippen LogP contribution is -2.14. The molecule has 0 saturated carbocycles. The molecule has 1 atom stereocenters. The fraction of sp³-hybridized carbons (Fsp3) is 0.417. The predicted molar refractivity (Wildman–Crippen MR) is 67.8 cm³/mol. The van der Waals surface area contributed by atoms with E-state index in [1.807, 2.05) is 6.92 Å². The second kappa shape index (κ2) is 6.47. The van der Waals surface area contributed by atoms with Crippen LogP contribution in [0.1, 0.15) is 23.7 Å². The maximum absolute atomic E-state index is 11.0. The number of carbonyl (C=O) groups is 1. The summed E-state index contributed by atoms with van der Waals surface area (Å²) in [6.07, 6.45) is 0.684. The van der Waals surface area contributed by atoms with E-state index in [-0.39, 0.29) is 18.1 Å². The lowest BCUT2D eigenvalue weighted by Gasteiger charge is -2.14. The SMILES string of the molecule is CC(CCO)CNc1ccc(Cl)cc1C(=O)O. The second-order valence-electron chi connectivity index (χ2n) is 3.99. The molecule has 1 rings (SSSR count). The average molecular weight is 258 g/mol. The zero-order chi connectivity index (χ0) is 12.8. The van der Waals surface area contributed by atoms with Crippen LogP contribution < -0.4 is 5.32 Å². The zero-order valence-electron chi connectivity index (χ0n) is 9.61. The number of hydrogen-bond donors (Lipinski definition) is 3. The lowest BCUT2D eigenvalue weighted by molar-refractivity contribution is 0.0698. The van der Waals surface area contributed by atoms with Crippen LogP contribution in [0.5, 0.6) is 0 Å². The second-order valence-corrected chi connectivity index (χ2v) is 4.43. The van der Waals surface area contributed by atoms with Crippen molar-refractivity contribution in [1.29, 1.82) is 0 Å². The average Bonchev–Trinajstić information content (AvgIpc) is 2.27. The molecule has 1 aromatic rings. The van der Waals surface area contributed by atoms with Crippen LogP contribution in [0.4, 0.5) is 5.69 Å². The van der Waals surface area contributed by atoms with Crippen LogP contribution in [-0.4, -0.2) is 29.3 Å². The molecule has 0 radical (unpaired) electrons. The summed E-state index contributed by atoms with van der Waals surface area (Å²) in [6.45, 7) is 2.73.